The zero-order valence-corrected chi connectivity index (χ0v) is 10.2. The van der Waals surface area contributed by atoms with Gasteiger partial charge < -0.3 is 10.1 Å². The highest BCUT2D eigenvalue weighted by Crippen LogP contribution is 2.23. The molecule has 0 atom stereocenters. The fourth-order valence-electron chi connectivity index (χ4n) is 1.76. The van der Waals surface area contributed by atoms with E-state index in [1.54, 1.807) is 13.2 Å². The van der Waals surface area contributed by atoms with E-state index in [1.165, 1.54) is 0 Å². The quantitative estimate of drug-likeness (QED) is 0.887. The average Bonchev–Trinajstić information content (AvgIpc) is 2.42. The molecule has 3 heteroatoms. The SMILES string of the molecule is COCc1ccccc1Nc1ccccc1C#N. The monoisotopic (exact) mass is 238 g/mol. The van der Waals surface area contributed by atoms with Crippen molar-refractivity contribution in [1.29, 1.82) is 5.26 Å². The number of nitrogens with zero attached hydrogens (tertiary/aromatic N) is 1. The third kappa shape index (κ3) is 2.68. The van der Waals surface area contributed by atoms with E-state index in [2.05, 4.69) is 11.4 Å². The van der Waals surface area contributed by atoms with Gasteiger partial charge in [0.15, 0.2) is 0 Å². The zero-order chi connectivity index (χ0) is 12.8. The van der Waals surface area contributed by atoms with Crippen LogP contribution in [0.4, 0.5) is 11.4 Å². The number of para-hydroxylation sites is 2. The number of nitrogens with one attached hydrogen (secondary N) is 1. The molecule has 3 nitrogen and oxygen atoms in total. The van der Waals surface area contributed by atoms with E-state index in [9.17, 15) is 0 Å². The van der Waals surface area contributed by atoms with Gasteiger partial charge in [0.1, 0.15) is 6.07 Å². The van der Waals surface area contributed by atoms with E-state index in [4.69, 9.17) is 10.00 Å². The van der Waals surface area contributed by atoms with Gasteiger partial charge in [0.2, 0.25) is 0 Å². The Morgan fingerprint density at radius 2 is 1.72 bits per heavy atom. The van der Waals surface area contributed by atoms with Crippen LogP contribution >= 0.6 is 0 Å². The summed E-state index contributed by atoms with van der Waals surface area (Å²) in [4.78, 5) is 0. The lowest BCUT2D eigenvalue weighted by Crippen LogP contribution is -1.98. The molecule has 0 radical (unpaired) electrons. The van der Waals surface area contributed by atoms with Crippen molar-refractivity contribution in [1.82, 2.24) is 0 Å². The number of rotatable bonds is 4. The first-order chi connectivity index (χ1) is 8.85. The number of anilines is 2. The lowest BCUT2D eigenvalue weighted by atomic mass is 10.1. The summed E-state index contributed by atoms with van der Waals surface area (Å²) in [5.74, 6) is 0. The summed E-state index contributed by atoms with van der Waals surface area (Å²) in [5, 5.41) is 12.3. The van der Waals surface area contributed by atoms with Crippen LogP contribution in [0, 0.1) is 11.3 Å². The highest BCUT2D eigenvalue weighted by molar-refractivity contribution is 5.68. The van der Waals surface area contributed by atoms with Crippen molar-refractivity contribution in [3.05, 3.63) is 59.7 Å². The summed E-state index contributed by atoms with van der Waals surface area (Å²) in [6.45, 7) is 0.540. The first-order valence-electron chi connectivity index (χ1n) is 5.68. The summed E-state index contributed by atoms with van der Waals surface area (Å²) in [6, 6.07) is 17.5. The molecule has 0 amide bonds. The van der Waals surface area contributed by atoms with E-state index in [0.29, 0.717) is 12.2 Å². The molecule has 0 aliphatic rings. The van der Waals surface area contributed by atoms with Crippen LogP contribution in [0.5, 0.6) is 0 Å². The summed E-state index contributed by atoms with van der Waals surface area (Å²) < 4.78 is 5.16. The fraction of sp³-hybridized carbons (Fsp3) is 0.133. The minimum absolute atomic E-state index is 0.540. The van der Waals surface area contributed by atoms with Crippen LogP contribution < -0.4 is 5.32 Å². The largest absolute Gasteiger partial charge is 0.380 e. The van der Waals surface area contributed by atoms with Crippen molar-refractivity contribution in [2.75, 3.05) is 12.4 Å². The molecule has 0 spiro atoms. The molecule has 1 N–H and O–H groups in total. The van der Waals surface area contributed by atoms with Gasteiger partial charge in [0.05, 0.1) is 17.9 Å². The van der Waals surface area contributed by atoms with Crippen molar-refractivity contribution in [2.24, 2.45) is 0 Å². The summed E-state index contributed by atoms with van der Waals surface area (Å²) in [6.07, 6.45) is 0. The van der Waals surface area contributed by atoms with Crippen LogP contribution in [0.3, 0.4) is 0 Å². The maximum atomic E-state index is 9.05. The van der Waals surface area contributed by atoms with Crippen molar-refractivity contribution in [2.45, 2.75) is 6.61 Å². The number of benzene rings is 2. The van der Waals surface area contributed by atoms with Crippen molar-refractivity contribution < 1.29 is 4.74 Å². The Labute approximate surface area is 107 Å². The molecule has 0 aromatic heterocycles. The van der Waals surface area contributed by atoms with Crippen molar-refractivity contribution in [3.8, 4) is 6.07 Å². The smallest absolute Gasteiger partial charge is 0.101 e. The van der Waals surface area contributed by atoms with Gasteiger partial charge in [-0.25, -0.2) is 0 Å². The first-order valence-corrected chi connectivity index (χ1v) is 5.68. The van der Waals surface area contributed by atoms with Gasteiger partial charge >= 0.3 is 0 Å². The second-order valence-electron chi connectivity index (χ2n) is 3.87. The van der Waals surface area contributed by atoms with Gasteiger partial charge in [-0.1, -0.05) is 30.3 Å². The second kappa shape index (κ2) is 5.85. The minimum atomic E-state index is 0.540. The van der Waals surface area contributed by atoms with Crippen LogP contribution in [-0.4, -0.2) is 7.11 Å². The van der Waals surface area contributed by atoms with Crippen LogP contribution in [0.2, 0.25) is 0 Å². The Bertz CT molecular complexity index is 573. The molecule has 0 saturated carbocycles. The highest BCUT2D eigenvalue weighted by atomic mass is 16.5. The number of hydrogen-bond donors (Lipinski definition) is 1. The van der Waals surface area contributed by atoms with Crippen molar-refractivity contribution >= 4 is 11.4 Å². The van der Waals surface area contributed by atoms with Gasteiger partial charge in [-0.3, -0.25) is 0 Å². The number of ether oxygens (including phenoxy) is 1. The normalized spacial score (nSPS) is 9.78. The molecule has 0 bridgehead atoms. The maximum absolute atomic E-state index is 9.05. The summed E-state index contributed by atoms with van der Waals surface area (Å²) >= 11 is 0. The van der Waals surface area contributed by atoms with Gasteiger partial charge in [-0.05, 0) is 18.2 Å². The van der Waals surface area contributed by atoms with Gasteiger partial charge in [0.25, 0.3) is 0 Å². The molecule has 2 rings (SSSR count). The van der Waals surface area contributed by atoms with E-state index >= 15 is 0 Å². The van der Waals surface area contributed by atoms with Gasteiger partial charge in [-0.15, -0.1) is 0 Å². The Balaban J connectivity index is 2.31. The van der Waals surface area contributed by atoms with Gasteiger partial charge in [0, 0.05) is 18.4 Å². The summed E-state index contributed by atoms with van der Waals surface area (Å²) in [7, 11) is 1.67. The van der Waals surface area contributed by atoms with Crippen molar-refractivity contribution in [3.63, 3.8) is 0 Å². The molecular formula is C15H14N2O. The lowest BCUT2D eigenvalue weighted by molar-refractivity contribution is 0.185. The van der Waals surface area contributed by atoms with E-state index in [1.807, 2.05) is 42.5 Å². The Kier molecular flexibility index (Phi) is 3.95. The minimum Gasteiger partial charge on any atom is -0.380 e. The molecule has 2 aromatic carbocycles. The predicted molar refractivity (Wildman–Crippen MR) is 71.6 cm³/mol. The molecule has 0 aliphatic carbocycles. The average molecular weight is 238 g/mol. The van der Waals surface area contributed by atoms with Crippen LogP contribution in [0.25, 0.3) is 0 Å². The van der Waals surface area contributed by atoms with Gasteiger partial charge in [-0.2, -0.15) is 5.26 Å². The van der Waals surface area contributed by atoms with Crippen LogP contribution in [0.15, 0.2) is 48.5 Å². The Morgan fingerprint density at radius 1 is 1.06 bits per heavy atom. The second-order valence-corrected chi connectivity index (χ2v) is 3.87. The number of methoxy groups -OCH3 is 1. The van der Waals surface area contributed by atoms with E-state index in [0.717, 1.165) is 16.9 Å². The van der Waals surface area contributed by atoms with E-state index in [-0.39, 0.29) is 0 Å². The molecule has 2 aromatic rings. The number of hydrogen-bond acceptors (Lipinski definition) is 3. The molecule has 0 aliphatic heterocycles. The zero-order valence-electron chi connectivity index (χ0n) is 10.2. The molecule has 0 saturated heterocycles. The molecule has 0 heterocycles. The first kappa shape index (κ1) is 12.2. The molecule has 0 fully saturated rings. The number of nitriles is 1. The maximum Gasteiger partial charge on any atom is 0.101 e. The Hall–Kier alpha value is -2.31. The fourth-order valence-corrected chi connectivity index (χ4v) is 1.76. The van der Waals surface area contributed by atoms with E-state index < -0.39 is 0 Å². The Morgan fingerprint density at radius 3 is 2.44 bits per heavy atom. The molecule has 18 heavy (non-hydrogen) atoms. The highest BCUT2D eigenvalue weighted by Gasteiger charge is 2.04. The molecular weight excluding hydrogens is 224 g/mol. The standard InChI is InChI=1S/C15H14N2O/c1-18-11-13-7-3-5-9-15(13)17-14-8-4-2-6-12(14)10-16/h2-9,17H,11H2,1H3. The molecule has 90 valence electrons. The third-order valence-electron chi connectivity index (χ3n) is 2.63. The molecule has 0 unspecified atom stereocenters. The van der Waals surface area contributed by atoms with Crippen LogP contribution in [0.1, 0.15) is 11.1 Å². The topological polar surface area (TPSA) is 45.0 Å². The van der Waals surface area contributed by atoms with Crippen LogP contribution in [-0.2, 0) is 11.3 Å². The lowest BCUT2D eigenvalue weighted by Gasteiger charge is -2.12. The third-order valence-corrected chi connectivity index (χ3v) is 2.63. The predicted octanol–water partition coefficient (Wildman–Crippen LogP) is 3.45. The summed E-state index contributed by atoms with van der Waals surface area (Å²) in [5.41, 5.74) is 3.46.